The summed E-state index contributed by atoms with van der Waals surface area (Å²) in [5, 5.41) is 0. The maximum atomic E-state index is 12.7. The fourth-order valence-electron chi connectivity index (χ4n) is 3.56. The largest absolute Gasteiger partial charge is 0.300 e. The summed E-state index contributed by atoms with van der Waals surface area (Å²) in [6.07, 6.45) is 10.2. The summed E-state index contributed by atoms with van der Waals surface area (Å²) < 4.78 is 0. The highest BCUT2D eigenvalue weighted by Crippen LogP contribution is 2.24. The lowest BCUT2D eigenvalue weighted by atomic mass is 9.85. The first-order valence-electron chi connectivity index (χ1n) is 11.1. The first kappa shape index (κ1) is 25.3. The van der Waals surface area contributed by atoms with Crippen LogP contribution in [0.15, 0.2) is 0 Å². The lowest BCUT2D eigenvalue weighted by Crippen LogP contribution is -2.19. The Kier molecular flexibility index (Phi) is 14.0. The van der Waals surface area contributed by atoms with Gasteiger partial charge in [0.1, 0.15) is 11.6 Å². The molecule has 0 aromatic rings. The van der Waals surface area contributed by atoms with Gasteiger partial charge in [-0.25, -0.2) is 0 Å². The minimum Gasteiger partial charge on any atom is -0.300 e. The Hall–Kier alpha value is -0.660. The molecule has 0 saturated carbocycles. The average molecular weight is 367 g/mol. The van der Waals surface area contributed by atoms with Gasteiger partial charge in [0.2, 0.25) is 0 Å². The van der Waals surface area contributed by atoms with E-state index in [2.05, 4.69) is 41.5 Å². The normalized spacial score (nSPS) is 15.3. The summed E-state index contributed by atoms with van der Waals surface area (Å²) >= 11 is 0. The highest BCUT2D eigenvalue weighted by atomic mass is 16.1. The molecule has 0 rings (SSSR count). The van der Waals surface area contributed by atoms with Gasteiger partial charge in [-0.3, -0.25) is 4.79 Å². The summed E-state index contributed by atoms with van der Waals surface area (Å²) in [7, 11) is 0. The van der Waals surface area contributed by atoms with E-state index in [4.69, 9.17) is 0 Å². The van der Waals surface area contributed by atoms with Gasteiger partial charge in [-0.15, -0.1) is 0 Å². The van der Waals surface area contributed by atoms with Crippen molar-refractivity contribution in [3.63, 3.8) is 0 Å². The van der Waals surface area contributed by atoms with Gasteiger partial charge >= 0.3 is 0 Å². The van der Waals surface area contributed by atoms with Gasteiger partial charge in [0.25, 0.3) is 0 Å². The molecule has 0 radical (unpaired) electrons. The van der Waals surface area contributed by atoms with E-state index >= 15 is 0 Å². The number of carbonyl (C=O) groups excluding carboxylic acids is 2. The van der Waals surface area contributed by atoms with E-state index in [0.717, 1.165) is 37.5 Å². The molecule has 0 heterocycles. The second-order valence-corrected chi connectivity index (χ2v) is 9.69. The molecule has 2 nitrogen and oxygen atoms in total. The van der Waals surface area contributed by atoms with Crippen LogP contribution in [0.25, 0.3) is 0 Å². The van der Waals surface area contributed by atoms with Crippen LogP contribution >= 0.6 is 0 Å². The number of hydrogen-bond donors (Lipinski definition) is 0. The zero-order valence-corrected chi connectivity index (χ0v) is 18.8. The van der Waals surface area contributed by atoms with Crippen LogP contribution in [-0.4, -0.2) is 11.6 Å². The van der Waals surface area contributed by atoms with Gasteiger partial charge in [-0.2, -0.15) is 0 Å². The van der Waals surface area contributed by atoms with Gasteiger partial charge in [0.15, 0.2) is 0 Å². The first-order chi connectivity index (χ1) is 12.1. The Balaban J connectivity index is 4.27. The van der Waals surface area contributed by atoms with Crippen molar-refractivity contribution in [2.45, 2.75) is 113 Å². The molecular formula is C24H46O2. The van der Waals surface area contributed by atoms with Crippen molar-refractivity contribution in [3.8, 4) is 0 Å². The Morgan fingerprint density at radius 2 is 1.12 bits per heavy atom. The van der Waals surface area contributed by atoms with E-state index in [9.17, 15) is 9.59 Å². The monoisotopic (exact) mass is 366 g/mol. The highest BCUT2D eigenvalue weighted by molar-refractivity contribution is 5.86. The molecule has 0 fully saturated rings. The molecule has 0 aliphatic carbocycles. The molecule has 3 atom stereocenters. The van der Waals surface area contributed by atoms with Crippen LogP contribution in [0.2, 0.25) is 0 Å². The van der Waals surface area contributed by atoms with E-state index in [1.54, 1.807) is 6.92 Å². The van der Waals surface area contributed by atoms with Crippen molar-refractivity contribution in [1.29, 1.82) is 0 Å². The van der Waals surface area contributed by atoms with E-state index in [-0.39, 0.29) is 11.7 Å². The zero-order valence-electron chi connectivity index (χ0n) is 18.8. The summed E-state index contributed by atoms with van der Waals surface area (Å²) in [4.78, 5) is 24.2. The van der Waals surface area contributed by atoms with Gasteiger partial charge < -0.3 is 4.79 Å². The van der Waals surface area contributed by atoms with E-state index in [0.29, 0.717) is 30.5 Å². The zero-order chi connectivity index (χ0) is 20.1. The van der Waals surface area contributed by atoms with Crippen LogP contribution < -0.4 is 0 Å². The van der Waals surface area contributed by atoms with Crippen molar-refractivity contribution in [2.24, 2.45) is 29.6 Å². The highest BCUT2D eigenvalue weighted by Gasteiger charge is 2.21. The smallest absolute Gasteiger partial charge is 0.136 e. The topological polar surface area (TPSA) is 34.1 Å². The second kappa shape index (κ2) is 14.4. The second-order valence-electron chi connectivity index (χ2n) is 9.69. The molecule has 0 spiro atoms. The first-order valence-corrected chi connectivity index (χ1v) is 11.1. The van der Waals surface area contributed by atoms with Crippen molar-refractivity contribution in [2.75, 3.05) is 0 Å². The number of Topliss-reactive ketones (excluding diaryl/α,β-unsaturated/α-hetero) is 2. The molecule has 154 valence electrons. The standard InChI is InChI=1S/C24H46O2/c1-18(2)11-13-20(5)9-8-10-24(26)23(17-22(7)25)16-15-21(6)14-12-19(3)4/h18-21,23H,8-17H2,1-7H3. The number of ketones is 2. The predicted octanol–water partition coefficient (Wildman–Crippen LogP) is 7.25. The Bertz CT molecular complexity index is 384. The third kappa shape index (κ3) is 14.5. The molecule has 0 amide bonds. The predicted molar refractivity (Wildman–Crippen MR) is 113 cm³/mol. The van der Waals surface area contributed by atoms with E-state index in [1.165, 1.54) is 25.7 Å². The molecule has 0 N–H and O–H groups in total. The summed E-state index contributed by atoms with van der Waals surface area (Å²) in [5.41, 5.74) is 0. The van der Waals surface area contributed by atoms with Gasteiger partial charge in [-0.1, -0.05) is 80.1 Å². The van der Waals surface area contributed by atoms with Gasteiger partial charge in [-0.05, 0) is 43.4 Å². The van der Waals surface area contributed by atoms with Crippen LogP contribution in [0.5, 0.6) is 0 Å². The minimum absolute atomic E-state index is 0.0417. The summed E-state index contributed by atoms with van der Waals surface area (Å²) in [5.74, 6) is 3.29. The molecule has 0 aromatic carbocycles. The van der Waals surface area contributed by atoms with Crippen molar-refractivity contribution in [1.82, 2.24) is 0 Å². The molecule has 0 bridgehead atoms. The number of carbonyl (C=O) groups is 2. The lowest BCUT2D eigenvalue weighted by molar-refractivity contribution is -0.127. The van der Waals surface area contributed by atoms with E-state index in [1.807, 2.05) is 0 Å². The summed E-state index contributed by atoms with van der Waals surface area (Å²) in [6.45, 7) is 15.3. The Morgan fingerprint density at radius 3 is 1.58 bits per heavy atom. The molecule has 3 unspecified atom stereocenters. The van der Waals surface area contributed by atoms with E-state index < -0.39 is 0 Å². The molecule has 0 aliphatic heterocycles. The maximum absolute atomic E-state index is 12.7. The lowest BCUT2D eigenvalue weighted by Gasteiger charge is -2.19. The molecule has 0 aliphatic rings. The van der Waals surface area contributed by atoms with Crippen LogP contribution in [0.4, 0.5) is 0 Å². The minimum atomic E-state index is -0.0417. The molecule has 0 aromatic heterocycles. The molecule has 2 heteroatoms. The number of hydrogen-bond acceptors (Lipinski definition) is 2. The van der Waals surface area contributed by atoms with Gasteiger partial charge in [0.05, 0.1) is 0 Å². The molecule has 26 heavy (non-hydrogen) atoms. The Labute approximate surface area is 163 Å². The third-order valence-corrected chi connectivity index (χ3v) is 5.59. The van der Waals surface area contributed by atoms with Crippen LogP contribution in [-0.2, 0) is 9.59 Å². The van der Waals surface area contributed by atoms with Crippen LogP contribution in [0.1, 0.15) is 113 Å². The SMILES string of the molecule is CC(=O)CC(CCC(C)CCC(C)C)C(=O)CCCC(C)CCC(C)C. The summed E-state index contributed by atoms with van der Waals surface area (Å²) in [6, 6.07) is 0. The van der Waals surface area contributed by atoms with Crippen LogP contribution in [0, 0.1) is 29.6 Å². The fraction of sp³-hybridized carbons (Fsp3) is 0.917. The maximum Gasteiger partial charge on any atom is 0.136 e. The quantitative estimate of drug-likeness (QED) is 0.288. The molecular weight excluding hydrogens is 320 g/mol. The van der Waals surface area contributed by atoms with Gasteiger partial charge in [0, 0.05) is 18.8 Å². The van der Waals surface area contributed by atoms with Crippen molar-refractivity contribution >= 4 is 11.6 Å². The molecule has 0 saturated heterocycles. The third-order valence-electron chi connectivity index (χ3n) is 5.59. The average Bonchev–Trinajstić information content (AvgIpc) is 2.54. The number of rotatable bonds is 16. The Morgan fingerprint density at radius 1 is 0.654 bits per heavy atom. The van der Waals surface area contributed by atoms with Crippen molar-refractivity contribution in [3.05, 3.63) is 0 Å². The fourth-order valence-corrected chi connectivity index (χ4v) is 3.56. The van der Waals surface area contributed by atoms with Crippen LogP contribution in [0.3, 0.4) is 0 Å². The van der Waals surface area contributed by atoms with Crippen molar-refractivity contribution < 1.29 is 9.59 Å².